The number of amides is 2. The Kier molecular flexibility index (Phi) is 5.87. The molecule has 3 rings (SSSR count). The van der Waals surface area contributed by atoms with Gasteiger partial charge in [-0.1, -0.05) is 79.7 Å². The summed E-state index contributed by atoms with van der Waals surface area (Å²) in [6, 6.07) is 22.9. The summed E-state index contributed by atoms with van der Waals surface area (Å²) >= 11 is 0. The maximum absolute atomic E-state index is 12.8. The number of rotatable bonds is 5. The summed E-state index contributed by atoms with van der Waals surface area (Å²) in [5, 5.41) is 2.10. The molecule has 0 N–H and O–H groups in total. The SMILES string of the molecule is CCC(=O)N(C(=O)OCc1ccccc1)[C@@H](C)c1cccc2ccccc12. The second-order valence-electron chi connectivity index (χ2n) is 6.40. The molecule has 0 saturated heterocycles. The monoisotopic (exact) mass is 361 g/mol. The van der Waals surface area contributed by atoms with Gasteiger partial charge >= 0.3 is 6.09 Å². The maximum atomic E-state index is 12.8. The number of benzene rings is 3. The van der Waals surface area contributed by atoms with Gasteiger partial charge in [-0.2, -0.15) is 0 Å². The normalized spacial score (nSPS) is 11.8. The Morgan fingerprint density at radius 1 is 0.926 bits per heavy atom. The van der Waals surface area contributed by atoms with Crippen LogP contribution in [0.1, 0.15) is 37.4 Å². The van der Waals surface area contributed by atoms with E-state index in [1.54, 1.807) is 6.92 Å². The molecular weight excluding hydrogens is 338 g/mol. The zero-order valence-electron chi connectivity index (χ0n) is 15.6. The Morgan fingerprint density at radius 3 is 2.33 bits per heavy atom. The van der Waals surface area contributed by atoms with Crippen LogP contribution in [0.15, 0.2) is 72.8 Å². The van der Waals surface area contributed by atoms with Crippen molar-refractivity contribution in [1.82, 2.24) is 4.90 Å². The standard InChI is InChI=1S/C23H23NO3/c1-3-22(25)24(23(26)27-16-18-10-5-4-6-11-18)17(2)20-15-9-13-19-12-7-8-14-21(19)20/h4-15,17H,3,16H2,1-2H3/t17-/m0/s1. The van der Waals surface area contributed by atoms with Gasteiger partial charge in [0.05, 0.1) is 6.04 Å². The van der Waals surface area contributed by atoms with Crippen LogP contribution in [0.5, 0.6) is 0 Å². The van der Waals surface area contributed by atoms with Gasteiger partial charge in [0.25, 0.3) is 0 Å². The van der Waals surface area contributed by atoms with Crippen molar-refractivity contribution in [3.63, 3.8) is 0 Å². The molecule has 4 heteroatoms. The summed E-state index contributed by atoms with van der Waals surface area (Å²) in [4.78, 5) is 26.5. The molecule has 0 radical (unpaired) electrons. The van der Waals surface area contributed by atoms with Gasteiger partial charge in [-0.05, 0) is 28.8 Å². The Morgan fingerprint density at radius 2 is 1.59 bits per heavy atom. The third kappa shape index (κ3) is 4.17. The number of hydrogen-bond donors (Lipinski definition) is 0. The van der Waals surface area contributed by atoms with Crippen molar-refractivity contribution in [1.29, 1.82) is 0 Å². The van der Waals surface area contributed by atoms with Gasteiger partial charge in [-0.25, -0.2) is 9.69 Å². The van der Waals surface area contributed by atoms with Crippen LogP contribution in [0.3, 0.4) is 0 Å². The predicted molar refractivity (Wildman–Crippen MR) is 106 cm³/mol. The molecule has 4 nitrogen and oxygen atoms in total. The largest absolute Gasteiger partial charge is 0.444 e. The van der Waals surface area contributed by atoms with Crippen LogP contribution in [-0.4, -0.2) is 16.9 Å². The molecule has 0 spiro atoms. The Bertz CT molecular complexity index is 931. The number of nitrogens with zero attached hydrogens (tertiary/aromatic N) is 1. The molecule has 3 aromatic rings. The summed E-state index contributed by atoms with van der Waals surface area (Å²) in [7, 11) is 0. The topological polar surface area (TPSA) is 46.6 Å². The van der Waals surface area contributed by atoms with E-state index < -0.39 is 12.1 Å². The molecule has 3 aromatic carbocycles. The lowest BCUT2D eigenvalue weighted by Crippen LogP contribution is -2.39. The highest BCUT2D eigenvalue weighted by Crippen LogP contribution is 2.29. The molecule has 0 aliphatic rings. The zero-order chi connectivity index (χ0) is 19.2. The highest BCUT2D eigenvalue weighted by atomic mass is 16.6. The van der Waals surface area contributed by atoms with Crippen LogP contribution < -0.4 is 0 Å². The molecule has 27 heavy (non-hydrogen) atoms. The van der Waals surface area contributed by atoms with Gasteiger partial charge in [0.2, 0.25) is 5.91 Å². The summed E-state index contributed by atoms with van der Waals surface area (Å²) in [6.07, 6.45) is -0.388. The average Bonchev–Trinajstić information content (AvgIpc) is 2.72. The summed E-state index contributed by atoms with van der Waals surface area (Å²) < 4.78 is 5.43. The van der Waals surface area contributed by atoms with Crippen molar-refractivity contribution < 1.29 is 14.3 Å². The van der Waals surface area contributed by atoms with Crippen LogP contribution >= 0.6 is 0 Å². The van der Waals surface area contributed by atoms with E-state index in [1.165, 1.54) is 4.90 Å². The van der Waals surface area contributed by atoms with E-state index in [-0.39, 0.29) is 18.9 Å². The number of carbonyl (C=O) groups excluding carboxylic acids is 2. The third-order valence-corrected chi connectivity index (χ3v) is 4.63. The fraction of sp³-hybridized carbons (Fsp3) is 0.217. The van der Waals surface area contributed by atoms with Gasteiger partial charge in [0.15, 0.2) is 0 Å². The molecule has 0 saturated carbocycles. The number of carbonyl (C=O) groups is 2. The number of fused-ring (bicyclic) bond motifs is 1. The van der Waals surface area contributed by atoms with E-state index in [4.69, 9.17) is 4.74 Å². The molecule has 0 aliphatic carbocycles. The maximum Gasteiger partial charge on any atom is 0.417 e. The number of ether oxygens (including phenoxy) is 1. The first-order valence-corrected chi connectivity index (χ1v) is 9.12. The minimum atomic E-state index is -0.619. The quantitative estimate of drug-likeness (QED) is 0.605. The lowest BCUT2D eigenvalue weighted by Gasteiger charge is -2.27. The van der Waals surface area contributed by atoms with E-state index in [0.717, 1.165) is 21.9 Å². The molecular formula is C23H23NO3. The van der Waals surface area contributed by atoms with E-state index in [9.17, 15) is 9.59 Å². The molecule has 0 aromatic heterocycles. The van der Waals surface area contributed by atoms with Gasteiger partial charge in [0, 0.05) is 6.42 Å². The van der Waals surface area contributed by atoms with Crippen molar-refractivity contribution >= 4 is 22.8 Å². The Labute approximate surface area is 159 Å². The van der Waals surface area contributed by atoms with Crippen molar-refractivity contribution in [2.24, 2.45) is 0 Å². The highest BCUT2D eigenvalue weighted by Gasteiger charge is 2.29. The fourth-order valence-electron chi connectivity index (χ4n) is 3.19. The molecule has 1 atom stereocenters. The molecule has 0 heterocycles. The lowest BCUT2D eigenvalue weighted by atomic mass is 9.98. The van der Waals surface area contributed by atoms with Crippen molar-refractivity contribution in [3.8, 4) is 0 Å². The average molecular weight is 361 g/mol. The summed E-state index contributed by atoms with van der Waals surface area (Å²) in [6.45, 7) is 3.74. The highest BCUT2D eigenvalue weighted by molar-refractivity contribution is 5.94. The Balaban J connectivity index is 1.87. The zero-order valence-corrected chi connectivity index (χ0v) is 15.6. The molecule has 0 fully saturated rings. The second-order valence-corrected chi connectivity index (χ2v) is 6.40. The van der Waals surface area contributed by atoms with E-state index in [0.29, 0.717) is 0 Å². The first-order valence-electron chi connectivity index (χ1n) is 9.12. The van der Waals surface area contributed by atoms with Crippen LogP contribution in [0.2, 0.25) is 0 Å². The number of hydrogen-bond acceptors (Lipinski definition) is 3. The molecule has 0 aliphatic heterocycles. The van der Waals surface area contributed by atoms with Crippen LogP contribution in [-0.2, 0) is 16.1 Å². The van der Waals surface area contributed by atoms with Crippen LogP contribution in [0.25, 0.3) is 10.8 Å². The van der Waals surface area contributed by atoms with E-state index in [2.05, 4.69) is 0 Å². The summed E-state index contributed by atoms with van der Waals surface area (Å²) in [5.74, 6) is -0.256. The molecule has 138 valence electrons. The molecule has 0 unspecified atom stereocenters. The number of imide groups is 1. The van der Waals surface area contributed by atoms with E-state index >= 15 is 0 Å². The fourth-order valence-corrected chi connectivity index (χ4v) is 3.19. The third-order valence-electron chi connectivity index (χ3n) is 4.63. The smallest absolute Gasteiger partial charge is 0.417 e. The van der Waals surface area contributed by atoms with Crippen molar-refractivity contribution in [2.45, 2.75) is 32.9 Å². The van der Waals surface area contributed by atoms with Crippen LogP contribution in [0, 0.1) is 0 Å². The Hall–Kier alpha value is -3.14. The van der Waals surface area contributed by atoms with E-state index in [1.807, 2.05) is 79.7 Å². The van der Waals surface area contributed by atoms with Crippen molar-refractivity contribution in [2.75, 3.05) is 0 Å². The first-order chi connectivity index (χ1) is 13.1. The summed E-state index contributed by atoms with van der Waals surface area (Å²) in [5.41, 5.74) is 1.80. The van der Waals surface area contributed by atoms with Crippen molar-refractivity contribution in [3.05, 3.63) is 83.9 Å². The van der Waals surface area contributed by atoms with Gasteiger partial charge in [-0.3, -0.25) is 4.79 Å². The predicted octanol–water partition coefficient (Wildman–Crippen LogP) is 5.48. The van der Waals surface area contributed by atoms with Gasteiger partial charge < -0.3 is 4.74 Å². The minimum Gasteiger partial charge on any atom is -0.444 e. The minimum absolute atomic E-state index is 0.134. The van der Waals surface area contributed by atoms with Gasteiger partial charge in [-0.15, -0.1) is 0 Å². The van der Waals surface area contributed by atoms with Gasteiger partial charge in [0.1, 0.15) is 6.61 Å². The molecule has 2 amide bonds. The second kappa shape index (κ2) is 8.49. The molecule has 0 bridgehead atoms. The van der Waals surface area contributed by atoms with Crippen LogP contribution in [0.4, 0.5) is 4.79 Å². The lowest BCUT2D eigenvalue weighted by molar-refractivity contribution is -0.131. The first kappa shape index (κ1) is 18.6.